The Hall–Kier alpha value is -1.32. The molecular formula is C8H4ClFN2. The van der Waals surface area contributed by atoms with E-state index in [1.54, 1.807) is 6.07 Å². The standard InChI is InChI=1S/C8H4ClFN2/c9-7-5(3-11)1-2-6(4-12)8(7)10/h2,5H,1H2. The van der Waals surface area contributed by atoms with E-state index in [0.29, 0.717) is 6.42 Å². The molecule has 1 atom stereocenters. The lowest BCUT2D eigenvalue weighted by molar-refractivity contribution is 0.619. The summed E-state index contributed by atoms with van der Waals surface area (Å²) in [6.45, 7) is 0. The van der Waals surface area contributed by atoms with Gasteiger partial charge in [0.1, 0.15) is 6.07 Å². The molecule has 0 heterocycles. The number of rotatable bonds is 0. The third kappa shape index (κ3) is 1.32. The van der Waals surface area contributed by atoms with Gasteiger partial charge < -0.3 is 0 Å². The lowest BCUT2D eigenvalue weighted by Crippen LogP contribution is -2.04. The maximum absolute atomic E-state index is 13.0. The number of nitriles is 2. The van der Waals surface area contributed by atoms with E-state index in [-0.39, 0.29) is 10.6 Å². The second kappa shape index (κ2) is 3.38. The predicted octanol–water partition coefficient (Wildman–Crippen LogP) is 2.40. The van der Waals surface area contributed by atoms with Crippen molar-refractivity contribution in [2.75, 3.05) is 0 Å². The highest BCUT2D eigenvalue weighted by Gasteiger charge is 2.23. The van der Waals surface area contributed by atoms with Gasteiger partial charge in [-0.15, -0.1) is 0 Å². The third-order valence-electron chi connectivity index (χ3n) is 1.59. The molecule has 0 saturated heterocycles. The molecule has 0 aromatic rings. The fraction of sp³-hybridized carbons (Fsp3) is 0.250. The molecule has 1 aliphatic rings. The zero-order chi connectivity index (χ0) is 9.14. The van der Waals surface area contributed by atoms with Crippen LogP contribution in [0.2, 0.25) is 0 Å². The topological polar surface area (TPSA) is 47.6 Å². The molecule has 2 nitrogen and oxygen atoms in total. The van der Waals surface area contributed by atoms with Crippen LogP contribution in [0.25, 0.3) is 0 Å². The molecule has 1 unspecified atom stereocenters. The zero-order valence-electron chi connectivity index (χ0n) is 6.01. The second-order valence-electron chi connectivity index (χ2n) is 2.31. The molecule has 0 aromatic carbocycles. The van der Waals surface area contributed by atoms with Crippen molar-refractivity contribution in [2.24, 2.45) is 5.92 Å². The van der Waals surface area contributed by atoms with Gasteiger partial charge in [0.25, 0.3) is 0 Å². The van der Waals surface area contributed by atoms with E-state index >= 15 is 0 Å². The largest absolute Gasteiger partial charge is 0.204 e. The molecule has 0 fully saturated rings. The average molecular weight is 183 g/mol. The highest BCUT2D eigenvalue weighted by atomic mass is 35.5. The van der Waals surface area contributed by atoms with E-state index in [1.165, 1.54) is 6.08 Å². The molecule has 0 amide bonds. The minimum atomic E-state index is -0.767. The molecule has 0 saturated carbocycles. The van der Waals surface area contributed by atoms with Gasteiger partial charge in [0.05, 0.1) is 22.6 Å². The van der Waals surface area contributed by atoms with Crippen LogP contribution in [0.3, 0.4) is 0 Å². The van der Waals surface area contributed by atoms with Gasteiger partial charge >= 0.3 is 0 Å². The lowest BCUT2D eigenvalue weighted by atomic mass is 9.97. The van der Waals surface area contributed by atoms with Gasteiger partial charge in [-0.25, -0.2) is 4.39 Å². The van der Waals surface area contributed by atoms with Crippen molar-refractivity contribution >= 4 is 11.6 Å². The van der Waals surface area contributed by atoms with Gasteiger partial charge in [-0.05, 0) is 6.42 Å². The molecule has 1 rings (SSSR count). The fourth-order valence-electron chi connectivity index (χ4n) is 0.914. The summed E-state index contributed by atoms with van der Waals surface area (Å²) in [5, 5.41) is 16.7. The third-order valence-corrected chi connectivity index (χ3v) is 2.02. The Morgan fingerprint density at radius 2 is 2.25 bits per heavy atom. The van der Waals surface area contributed by atoms with Crippen LogP contribution < -0.4 is 0 Å². The van der Waals surface area contributed by atoms with Crippen molar-refractivity contribution in [1.29, 1.82) is 10.5 Å². The van der Waals surface area contributed by atoms with Crippen LogP contribution >= 0.6 is 11.6 Å². The van der Waals surface area contributed by atoms with Gasteiger partial charge in [0.15, 0.2) is 5.83 Å². The highest BCUT2D eigenvalue weighted by molar-refractivity contribution is 6.30. The first-order chi connectivity index (χ1) is 5.70. The lowest BCUT2D eigenvalue weighted by Gasteiger charge is -2.11. The van der Waals surface area contributed by atoms with Crippen LogP contribution in [-0.2, 0) is 0 Å². The Labute approximate surface area is 74.2 Å². The second-order valence-corrected chi connectivity index (χ2v) is 2.72. The molecule has 0 bridgehead atoms. The SMILES string of the molecule is N#CC1=CCC(C#N)C(Cl)=C1F. The summed E-state index contributed by atoms with van der Waals surface area (Å²) in [5.74, 6) is -1.40. The van der Waals surface area contributed by atoms with E-state index in [2.05, 4.69) is 0 Å². The first-order valence-electron chi connectivity index (χ1n) is 3.26. The average Bonchev–Trinajstić information content (AvgIpc) is 2.10. The van der Waals surface area contributed by atoms with Crippen molar-refractivity contribution < 1.29 is 4.39 Å². The Morgan fingerprint density at radius 3 is 2.75 bits per heavy atom. The molecule has 1 aliphatic carbocycles. The van der Waals surface area contributed by atoms with Crippen molar-refractivity contribution in [3.05, 3.63) is 22.5 Å². The smallest absolute Gasteiger partial charge is 0.156 e. The summed E-state index contributed by atoms with van der Waals surface area (Å²) in [7, 11) is 0. The molecule has 0 spiro atoms. The molecule has 0 N–H and O–H groups in total. The normalized spacial score (nSPS) is 22.7. The summed E-state index contributed by atoms with van der Waals surface area (Å²) in [6, 6.07) is 3.51. The van der Waals surface area contributed by atoms with E-state index in [0.717, 1.165) is 0 Å². The van der Waals surface area contributed by atoms with Crippen molar-refractivity contribution in [3.8, 4) is 12.1 Å². The van der Waals surface area contributed by atoms with E-state index in [9.17, 15) is 4.39 Å². The van der Waals surface area contributed by atoms with Gasteiger partial charge in [-0.2, -0.15) is 10.5 Å². The summed E-state index contributed by atoms with van der Waals surface area (Å²) in [6.07, 6.45) is 1.70. The molecule has 0 aromatic heterocycles. The molecule has 60 valence electrons. The minimum Gasteiger partial charge on any atom is -0.204 e. The maximum atomic E-state index is 13.0. The Bertz CT molecular complexity index is 343. The van der Waals surface area contributed by atoms with Crippen LogP contribution in [0, 0.1) is 28.6 Å². The molecular weight excluding hydrogens is 179 g/mol. The summed E-state index contributed by atoms with van der Waals surface area (Å²) < 4.78 is 13.0. The van der Waals surface area contributed by atoms with Gasteiger partial charge in [0.2, 0.25) is 0 Å². The Morgan fingerprint density at radius 1 is 1.58 bits per heavy atom. The molecule has 0 aliphatic heterocycles. The molecule has 0 radical (unpaired) electrons. The Kier molecular flexibility index (Phi) is 2.47. The van der Waals surface area contributed by atoms with Gasteiger partial charge in [0, 0.05) is 0 Å². The van der Waals surface area contributed by atoms with Crippen LogP contribution in [0.4, 0.5) is 4.39 Å². The number of hydrogen-bond acceptors (Lipinski definition) is 2. The number of allylic oxidation sites excluding steroid dienone is 4. The van der Waals surface area contributed by atoms with Gasteiger partial charge in [-0.3, -0.25) is 0 Å². The maximum Gasteiger partial charge on any atom is 0.156 e. The summed E-state index contributed by atoms with van der Waals surface area (Å²) in [5.41, 5.74) is -0.0773. The number of halogens is 2. The van der Waals surface area contributed by atoms with Gasteiger partial charge in [-0.1, -0.05) is 17.7 Å². The molecule has 4 heteroatoms. The molecule has 12 heavy (non-hydrogen) atoms. The van der Waals surface area contributed by atoms with Crippen LogP contribution in [0.5, 0.6) is 0 Å². The van der Waals surface area contributed by atoms with Crippen LogP contribution in [0.15, 0.2) is 22.5 Å². The van der Waals surface area contributed by atoms with E-state index < -0.39 is 11.7 Å². The van der Waals surface area contributed by atoms with Crippen LogP contribution in [-0.4, -0.2) is 0 Å². The van der Waals surface area contributed by atoms with E-state index in [1.807, 2.05) is 6.07 Å². The summed E-state index contributed by atoms with van der Waals surface area (Å²) >= 11 is 5.50. The van der Waals surface area contributed by atoms with Crippen molar-refractivity contribution in [3.63, 3.8) is 0 Å². The van der Waals surface area contributed by atoms with Crippen molar-refractivity contribution in [2.45, 2.75) is 6.42 Å². The first-order valence-corrected chi connectivity index (χ1v) is 3.64. The van der Waals surface area contributed by atoms with Crippen molar-refractivity contribution in [1.82, 2.24) is 0 Å². The highest BCUT2D eigenvalue weighted by Crippen LogP contribution is 2.32. The zero-order valence-corrected chi connectivity index (χ0v) is 6.77. The Balaban J connectivity index is 3.06. The number of nitrogens with zero attached hydrogens (tertiary/aromatic N) is 2. The fourth-order valence-corrected chi connectivity index (χ4v) is 1.15. The monoisotopic (exact) mass is 182 g/mol. The first kappa shape index (κ1) is 8.77. The van der Waals surface area contributed by atoms with E-state index in [4.69, 9.17) is 22.1 Å². The minimum absolute atomic E-state index is 0.0773. The van der Waals surface area contributed by atoms with Crippen LogP contribution in [0.1, 0.15) is 6.42 Å². The summed E-state index contributed by atoms with van der Waals surface area (Å²) in [4.78, 5) is 0. The predicted molar refractivity (Wildman–Crippen MR) is 41.4 cm³/mol. The quantitative estimate of drug-likeness (QED) is 0.578. The number of hydrogen-bond donors (Lipinski definition) is 0.